The number of halogens is 2. The molecule has 0 fully saturated rings. The van der Waals surface area contributed by atoms with E-state index in [9.17, 15) is 9.59 Å². The highest BCUT2D eigenvalue weighted by atomic mass is 79.9. The largest absolute Gasteiger partial charge is 0.493 e. The summed E-state index contributed by atoms with van der Waals surface area (Å²) in [6.45, 7) is 3.56. The second-order valence-electron chi connectivity index (χ2n) is 8.65. The average Bonchev–Trinajstić information content (AvgIpc) is 3.36. The van der Waals surface area contributed by atoms with E-state index in [-0.39, 0.29) is 18.0 Å². The van der Waals surface area contributed by atoms with Crippen molar-refractivity contribution in [2.24, 2.45) is 5.10 Å². The molecule has 11 heteroatoms. The Morgan fingerprint density at radius 1 is 1.20 bits per heavy atom. The van der Waals surface area contributed by atoms with Gasteiger partial charge in [-0.3, -0.25) is 4.79 Å². The number of methoxy groups -OCH3 is 1. The molecule has 0 N–H and O–H groups in total. The van der Waals surface area contributed by atoms with Crippen LogP contribution in [0, 0.1) is 0 Å². The monoisotopic (exact) mass is 623 g/mol. The first kappa shape index (κ1) is 27.4. The van der Waals surface area contributed by atoms with Crippen LogP contribution in [-0.4, -0.2) is 41.7 Å². The molecule has 2 aromatic heterocycles. The lowest BCUT2D eigenvalue weighted by Gasteiger charge is -2.17. The molecule has 1 atom stereocenters. The summed E-state index contributed by atoms with van der Waals surface area (Å²) < 4.78 is 24.0. The fourth-order valence-electron chi connectivity index (χ4n) is 4.05. The molecule has 0 spiro atoms. The van der Waals surface area contributed by atoms with E-state index in [4.69, 9.17) is 35.2 Å². The number of furan rings is 1. The molecule has 204 valence electrons. The third-order valence-corrected chi connectivity index (χ3v) is 6.76. The predicted molar refractivity (Wildman–Crippen MR) is 157 cm³/mol. The number of fused-ring (bicyclic) bond motifs is 2. The number of nitrogens with zero attached hydrogens (tertiary/aromatic N) is 3. The topological polar surface area (TPSA) is 105 Å². The molecule has 0 amide bonds. The van der Waals surface area contributed by atoms with Crippen LogP contribution >= 0.6 is 27.5 Å². The first-order chi connectivity index (χ1) is 19.3. The zero-order valence-electron chi connectivity index (χ0n) is 21.7. The molecule has 0 aliphatic heterocycles. The molecular weight excluding hydrogens is 602 g/mol. The second kappa shape index (κ2) is 11.5. The van der Waals surface area contributed by atoms with Crippen LogP contribution < -0.4 is 15.0 Å². The minimum absolute atomic E-state index is 0.224. The smallest absolute Gasteiger partial charge is 0.347 e. The van der Waals surface area contributed by atoms with Gasteiger partial charge in [-0.25, -0.2) is 9.78 Å². The number of benzene rings is 3. The van der Waals surface area contributed by atoms with Crippen molar-refractivity contribution in [1.29, 1.82) is 0 Å². The maximum Gasteiger partial charge on any atom is 0.347 e. The minimum Gasteiger partial charge on any atom is -0.493 e. The summed E-state index contributed by atoms with van der Waals surface area (Å²) in [6.07, 6.45) is 0.639. The number of carbonyl (C=O) groups is 1. The van der Waals surface area contributed by atoms with E-state index < -0.39 is 12.1 Å². The standard InChI is InChI=1S/C29H23BrClN3O6/c1-4-38-29(36)16(2)39-26-21(30)11-17(12-24(26)37-3)15-32-34-27(33-22-8-6-5-7-20(22)28(34)35)25-14-18-13-19(31)9-10-23(18)40-25/h5-16H,4H2,1-3H3/t16-/m1/s1. The number of ether oxygens (including phenoxy) is 3. The van der Waals surface area contributed by atoms with Crippen molar-refractivity contribution < 1.29 is 23.4 Å². The Labute approximate surface area is 242 Å². The normalized spacial score (nSPS) is 12.2. The van der Waals surface area contributed by atoms with Gasteiger partial charge in [-0.15, -0.1) is 0 Å². The first-order valence-electron chi connectivity index (χ1n) is 12.3. The zero-order valence-corrected chi connectivity index (χ0v) is 24.0. The zero-order chi connectivity index (χ0) is 28.4. The van der Waals surface area contributed by atoms with E-state index >= 15 is 0 Å². The fraction of sp³-hybridized carbons (Fsp3) is 0.172. The number of hydrogen-bond donors (Lipinski definition) is 0. The van der Waals surface area contributed by atoms with Gasteiger partial charge in [-0.05, 0) is 83.9 Å². The maximum absolute atomic E-state index is 13.5. The summed E-state index contributed by atoms with van der Waals surface area (Å²) in [7, 11) is 1.48. The average molecular weight is 625 g/mol. The van der Waals surface area contributed by atoms with Crippen LogP contribution in [-0.2, 0) is 9.53 Å². The number of para-hydroxylation sites is 1. The minimum atomic E-state index is -0.854. The summed E-state index contributed by atoms with van der Waals surface area (Å²) in [6, 6.07) is 17.4. The lowest BCUT2D eigenvalue weighted by Crippen LogP contribution is -2.26. The van der Waals surface area contributed by atoms with E-state index in [0.717, 1.165) is 5.39 Å². The van der Waals surface area contributed by atoms with E-state index in [1.807, 2.05) is 0 Å². The molecule has 0 aliphatic carbocycles. The van der Waals surface area contributed by atoms with Crippen LogP contribution in [0.4, 0.5) is 0 Å². The van der Waals surface area contributed by atoms with Gasteiger partial charge in [-0.2, -0.15) is 9.78 Å². The molecule has 0 radical (unpaired) electrons. The SMILES string of the molecule is CCOC(=O)[C@@H](C)Oc1c(Br)cc(C=Nn2c(-c3cc4cc(Cl)ccc4o3)nc3ccccc3c2=O)cc1OC. The molecular formula is C29H23BrClN3O6. The Morgan fingerprint density at radius 2 is 2.00 bits per heavy atom. The third kappa shape index (κ3) is 5.45. The van der Waals surface area contributed by atoms with Gasteiger partial charge in [0.2, 0.25) is 5.82 Å². The van der Waals surface area contributed by atoms with Crippen LogP contribution in [0.1, 0.15) is 19.4 Å². The molecule has 0 saturated carbocycles. The van der Waals surface area contributed by atoms with Crippen molar-refractivity contribution in [3.8, 4) is 23.1 Å². The molecule has 0 bridgehead atoms. The Kier molecular flexibility index (Phi) is 7.90. The predicted octanol–water partition coefficient (Wildman–Crippen LogP) is 6.45. The first-order valence-corrected chi connectivity index (χ1v) is 13.4. The Hall–Kier alpha value is -4.15. The van der Waals surface area contributed by atoms with Crippen LogP contribution in [0.2, 0.25) is 5.02 Å². The molecule has 0 unspecified atom stereocenters. The quantitative estimate of drug-likeness (QED) is 0.144. The molecule has 40 heavy (non-hydrogen) atoms. The molecule has 5 aromatic rings. The van der Waals surface area contributed by atoms with Gasteiger partial charge in [-0.1, -0.05) is 23.7 Å². The van der Waals surface area contributed by atoms with Gasteiger partial charge < -0.3 is 18.6 Å². The van der Waals surface area contributed by atoms with Crippen molar-refractivity contribution >= 4 is 61.6 Å². The van der Waals surface area contributed by atoms with Crippen LogP contribution in [0.3, 0.4) is 0 Å². The summed E-state index contributed by atoms with van der Waals surface area (Å²) in [5.41, 5.74) is 1.32. The molecule has 0 aliphatic rings. The lowest BCUT2D eigenvalue weighted by atomic mass is 10.2. The number of carbonyl (C=O) groups excluding carboxylic acids is 1. The third-order valence-electron chi connectivity index (χ3n) is 5.94. The van der Waals surface area contributed by atoms with Gasteiger partial charge in [0.05, 0.1) is 35.3 Å². The molecule has 2 heterocycles. The summed E-state index contributed by atoms with van der Waals surface area (Å²) in [5, 5.41) is 6.22. The Balaban J connectivity index is 1.58. The van der Waals surface area contributed by atoms with E-state index in [0.29, 0.717) is 48.8 Å². The highest BCUT2D eigenvalue weighted by molar-refractivity contribution is 9.10. The van der Waals surface area contributed by atoms with Gasteiger partial charge in [0.1, 0.15) is 5.58 Å². The fourth-order valence-corrected chi connectivity index (χ4v) is 4.79. The highest BCUT2D eigenvalue weighted by Crippen LogP contribution is 2.37. The number of aromatic nitrogens is 2. The second-order valence-corrected chi connectivity index (χ2v) is 9.94. The van der Waals surface area contributed by atoms with Crippen molar-refractivity contribution in [3.63, 3.8) is 0 Å². The van der Waals surface area contributed by atoms with Crippen LogP contribution in [0.15, 0.2) is 79.4 Å². The van der Waals surface area contributed by atoms with Gasteiger partial charge in [0.25, 0.3) is 5.56 Å². The Morgan fingerprint density at radius 3 is 2.77 bits per heavy atom. The number of hydrogen-bond acceptors (Lipinski definition) is 8. The van der Waals surface area contributed by atoms with Gasteiger partial charge >= 0.3 is 5.97 Å². The van der Waals surface area contributed by atoms with E-state index in [1.54, 1.807) is 74.5 Å². The van der Waals surface area contributed by atoms with Gasteiger partial charge in [0, 0.05) is 10.4 Å². The highest BCUT2D eigenvalue weighted by Gasteiger charge is 2.21. The molecule has 3 aromatic carbocycles. The maximum atomic E-state index is 13.5. The van der Waals surface area contributed by atoms with Crippen molar-refractivity contribution in [2.75, 3.05) is 13.7 Å². The van der Waals surface area contributed by atoms with Gasteiger partial charge in [0.15, 0.2) is 23.4 Å². The number of rotatable bonds is 8. The summed E-state index contributed by atoms with van der Waals surface area (Å²) in [4.78, 5) is 30.3. The summed E-state index contributed by atoms with van der Waals surface area (Å²) in [5.74, 6) is 0.761. The van der Waals surface area contributed by atoms with Crippen LogP contribution in [0.5, 0.6) is 11.5 Å². The van der Waals surface area contributed by atoms with Crippen LogP contribution in [0.25, 0.3) is 33.5 Å². The van der Waals surface area contributed by atoms with E-state index in [1.165, 1.54) is 18.0 Å². The number of esters is 1. The van der Waals surface area contributed by atoms with E-state index in [2.05, 4.69) is 21.0 Å². The molecule has 9 nitrogen and oxygen atoms in total. The lowest BCUT2D eigenvalue weighted by molar-refractivity contribution is -0.150. The Bertz CT molecular complexity index is 1830. The van der Waals surface area contributed by atoms with Crippen molar-refractivity contribution in [2.45, 2.75) is 20.0 Å². The van der Waals surface area contributed by atoms with Crippen molar-refractivity contribution in [1.82, 2.24) is 9.66 Å². The van der Waals surface area contributed by atoms with Crippen molar-refractivity contribution in [3.05, 3.63) is 86.1 Å². The molecule has 5 rings (SSSR count). The summed E-state index contributed by atoms with van der Waals surface area (Å²) >= 11 is 9.63. The molecule has 0 saturated heterocycles.